The van der Waals surface area contributed by atoms with E-state index in [0.29, 0.717) is 0 Å². The highest BCUT2D eigenvalue weighted by atomic mass is 16.4. The third kappa shape index (κ3) is 12.2. The smallest absolute Gasteiger partial charge is 0.326 e. The Morgan fingerprint density at radius 3 is 1.91 bits per heavy atom. The molecule has 0 spiro atoms. The van der Waals surface area contributed by atoms with E-state index in [1.165, 1.54) is 13.8 Å². The number of carbonyl (C=O) groups is 5. The zero-order chi connectivity index (χ0) is 25.7. The maximum absolute atomic E-state index is 12.6. The number of aliphatic imine (C=N–C) groups is 1. The molecule has 0 fully saturated rings. The van der Waals surface area contributed by atoms with Crippen LogP contribution in [0.25, 0.3) is 0 Å². The van der Waals surface area contributed by atoms with Crippen LogP contribution < -0.4 is 33.2 Å². The van der Waals surface area contributed by atoms with E-state index in [2.05, 4.69) is 20.9 Å². The zero-order valence-electron chi connectivity index (χ0n) is 18.5. The molecule has 0 aliphatic heterocycles. The molecule has 0 radical (unpaired) electrons. The minimum atomic E-state index is -1.59. The molecule has 0 aromatic rings. The van der Waals surface area contributed by atoms with E-state index < -0.39 is 66.4 Å². The molecule has 0 aromatic carbocycles. The minimum Gasteiger partial charge on any atom is -0.481 e. The number of nitrogens with one attached hydrogen (secondary N) is 3. The summed E-state index contributed by atoms with van der Waals surface area (Å²) >= 11 is 0. The fraction of sp³-hybridized carbons (Fsp3) is 0.667. The number of carboxylic acid groups (broad SMARTS) is 2. The second-order valence-electron chi connectivity index (χ2n) is 7.36. The molecule has 15 heteroatoms. The van der Waals surface area contributed by atoms with E-state index in [0.717, 1.165) is 0 Å². The second kappa shape index (κ2) is 14.6. The van der Waals surface area contributed by atoms with Crippen molar-refractivity contribution >= 4 is 35.6 Å². The number of aliphatic hydroxyl groups excluding tert-OH is 1. The molecule has 3 amide bonds. The Morgan fingerprint density at radius 1 is 0.879 bits per heavy atom. The van der Waals surface area contributed by atoms with Gasteiger partial charge in [0.15, 0.2) is 5.96 Å². The lowest BCUT2D eigenvalue weighted by Gasteiger charge is -2.26. The Balaban J connectivity index is 5.32. The van der Waals surface area contributed by atoms with Crippen LogP contribution in [0.4, 0.5) is 0 Å². The molecule has 0 saturated carbocycles. The van der Waals surface area contributed by atoms with Gasteiger partial charge in [0.2, 0.25) is 17.7 Å². The molecular formula is C18H33N7O8. The molecule has 0 heterocycles. The molecule has 188 valence electrons. The van der Waals surface area contributed by atoms with Crippen LogP contribution in [-0.4, -0.2) is 87.8 Å². The van der Waals surface area contributed by atoms with Gasteiger partial charge in [0.05, 0.1) is 12.1 Å². The normalized spacial score (nSPS) is 15.2. The van der Waals surface area contributed by atoms with Crippen molar-refractivity contribution in [1.29, 1.82) is 0 Å². The average molecular weight is 476 g/mol. The molecule has 0 aromatic heterocycles. The van der Waals surface area contributed by atoms with Gasteiger partial charge in [0.25, 0.3) is 0 Å². The van der Waals surface area contributed by atoms with Gasteiger partial charge in [-0.1, -0.05) is 0 Å². The van der Waals surface area contributed by atoms with Crippen molar-refractivity contribution in [3.63, 3.8) is 0 Å². The molecule has 12 N–H and O–H groups in total. The number of aliphatic carboxylic acids is 2. The topological polar surface area (TPSA) is 273 Å². The van der Waals surface area contributed by atoms with Gasteiger partial charge in [-0.3, -0.25) is 24.2 Å². The first-order valence-corrected chi connectivity index (χ1v) is 10.1. The number of aliphatic hydroxyl groups is 1. The summed E-state index contributed by atoms with van der Waals surface area (Å²) in [4.78, 5) is 63.1. The van der Waals surface area contributed by atoms with Crippen LogP contribution in [0.15, 0.2) is 4.99 Å². The molecule has 15 nitrogen and oxygen atoms in total. The predicted molar refractivity (Wildman–Crippen MR) is 116 cm³/mol. The lowest BCUT2D eigenvalue weighted by atomic mass is 10.1. The van der Waals surface area contributed by atoms with Crippen molar-refractivity contribution in [2.75, 3.05) is 6.54 Å². The minimum absolute atomic E-state index is 0.0377. The first kappa shape index (κ1) is 29.5. The van der Waals surface area contributed by atoms with Gasteiger partial charge in [0.1, 0.15) is 18.1 Å². The predicted octanol–water partition coefficient (Wildman–Crippen LogP) is -3.83. The number of guanidine groups is 1. The first-order valence-electron chi connectivity index (χ1n) is 10.1. The summed E-state index contributed by atoms with van der Waals surface area (Å²) < 4.78 is 0. The van der Waals surface area contributed by atoms with E-state index in [1.54, 1.807) is 0 Å². The number of amides is 3. The molecule has 0 saturated heterocycles. The summed E-state index contributed by atoms with van der Waals surface area (Å²) in [5, 5.41) is 34.9. The first-order chi connectivity index (χ1) is 15.3. The van der Waals surface area contributed by atoms with Crippen LogP contribution >= 0.6 is 0 Å². The molecule has 5 unspecified atom stereocenters. The zero-order valence-corrected chi connectivity index (χ0v) is 18.5. The highest BCUT2D eigenvalue weighted by Crippen LogP contribution is 2.04. The van der Waals surface area contributed by atoms with Gasteiger partial charge in [-0.15, -0.1) is 0 Å². The quantitative estimate of drug-likeness (QED) is 0.0628. The molecule has 33 heavy (non-hydrogen) atoms. The van der Waals surface area contributed by atoms with Crippen LogP contribution in [0, 0.1) is 0 Å². The second-order valence-corrected chi connectivity index (χ2v) is 7.36. The van der Waals surface area contributed by atoms with Gasteiger partial charge in [-0.25, -0.2) is 4.79 Å². The van der Waals surface area contributed by atoms with Gasteiger partial charge in [-0.05, 0) is 33.1 Å². The molecule has 0 bridgehead atoms. The maximum atomic E-state index is 12.6. The number of rotatable bonds is 15. The fourth-order valence-corrected chi connectivity index (χ4v) is 2.52. The summed E-state index contributed by atoms with van der Waals surface area (Å²) in [6.07, 6.45) is -2.05. The van der Waals surface area contributed by atoms with Crippen LogP contribution in [0.2, 0.25) is 0 Å². The van der Waals surface area contributed by atoms with Crippen molar-refractivity contribution in [3.8, 4) is 0 Å². The lowest BCUT2D eigenvalue weighted by Crippen LogP contribution is -2.59. The fourth-order valence-electron chi connectivity index (χ4n) is 2.52. The summed E-state index contributed by atoms with van der Waals surface area (Å²) in [5.74, 6) is -5.43. The van der Waals surface area contributed by atoms with Crippen molar-refractivity contribution in [2.24, 2.45) is 22.2 Å². The van der Waals surface area contributed by atoms with Crippen LogP contribution in [-0.2, 0) is 24.0 Å². The van der Waals surface area contributed by atoms with Crippen LogP contribution in [0.3, 0.4) is 0 Å². The van der Waals surface area contributed by atoms with Crippen molar-refractivity contribution in [1.82, 2.24) is 16.0 Å². The van der Waals surface area contributed by atoms with Gasteiger partial charge >= 0.3 is 11.9 Å². The standard InChI is InChI=1S/C18H33N7O8/c1-8(19)14(29)23-10(5-6-12(27)28)15(30)25-13(9(2)26)16(31)24-11(17(32)33)4-3-7-22-18(20)21/h8-11,13,26H,3-7,19H2,1-2H3,(H,23,29)(H,24,31)(H,25,30)(H,27,28)(H,32,33)(H4,20,21,22). The number of hydrogen-bond acceptors (Lipinski definition) is 8. The van der Waals surface area contributed by atoms with E-state index in [9.17, 15) is 34.2 Å². The summed E-state index contributed by atoms with van der Waals surface area (Å²) in [6.45, 7) is 2.67. The summed E-state index contributed by atoms with van der Waals surface area (Å²) in [6, 6.07) is -5.29. The largest absolute Gasteiger partial charge is 0.481 e. The SMILES string of the molecule is CC(N)C(=O)NC(CCC(=O)O)C(=O)NC(C(=O)NC(CCCN=C(N)N)C(=O)O)C(C)O. The Bertz CT molecular complexity index is 737. The number of nitrogens with zero attached hydrogens (tertiary/aromatic N) is 1. The Hall–Kier alpha value is -3.46. The van der Waals surface area contributed by atoms with E-state index in [-0.39, 0.29) is 31.8 Å². The highest BCUT2D eigenvalue weighted by Gasteiger charge is 2.32. The molecular weight excluding hydrogens is 442 g/mol. The van der Waals surface area contributed by atoms with E-state index in [1.807, 2.05) is 0 Å². The Morgan fingerprint density at radius 2 is 1.45 bits per heavy atom. The van der Waals surface area contributed by atoms with Crippen molar-refractivity contribution < 1.29 is 39.3 Å². The number of carboxylic acids is 2. The molecule has 0 aliphatic carbocycles. The van der Waals surface area contributed by atoms with Gasteiger partial charge in [-0.2, -0.15) is 0 Å². The summed E-state index contributed by atoms with van der Waals surface area (Å²) in [7, 11) is 0. The van der Waals surface area contributed by atoms with Gasteiger partial charge < -0.3 is 48.5 Å². The average Bonchev–Trinajstić information content (AvgIpc) is 2.69. The van der Waals surface area contributed by atoms with Gasteiger partial charge in [0, 0.05) is 13.0 Å². The number of hydrogen-bond donors (Lipinski definition) is 9. The lowest BCUT2D eigenvalue weighted by molar-refractivity contribution is -0.143. The number of nitrogens with two attached hydrogens (primary N) is 3. The monoisotopic (exact) mass is 475 g/mol. The highest BCUT2D eigenvalue weighted by molar-refractivity contribution is 5.94. The third-order valence-corrected chi connectivity index (χ3v) is 4.32. The third-order valence-electron chi connectivity index (χ3n) is 4.32. The maximum Gasteiger partial charge on any atom is 0.326 e. The molecule has 5 atom stereocenters. The summed E-state index contributed by atoms with van der Waals surface area (Å²) in [5.41, 5.74) is 15.8. The molecule has 0 aliphatic rings. The van der Waals surface area contributed by atoms with Crippen molar-refractivity contribution in [3.05, 3.63) is 0 Å². The van der Waals surface area contributed by atoms with Crippen molar-refractivity contribution in [2.45, 2.75) is 69.8 Å². The van der Waals surface area contributed by atoms with E-state index in [4.69, 9.17) is 22.3 Å². The van der Waals surface area contributed by atoms with Crippen LogP contribution in [0.1, 0.15) is 39.5 Å². The Labute approximate surface area is 190 Å². The van der Waals surface area contributed by atoms with Crippen LogP contribution in [0.5, 0.6) is 0 Å². The number of carbonyl (C=O) groups excluding carboxylic acids is 3. The molecule has 0 rings (SSSR count). The van der Waals surface area contributed by atoms with E-state index >= 15 is 0 Å². The Kier molecular flexibility index (Phi) is 13.0.